The first-order valence-corrected chi connectivity index (χ1v) is 9.02. The SMILES string of the molecule is CCOc1ccccc1CNC(=O)c1c(C)noc1-c1ccc2c(c1)OCO2. The number of nitrogens with zero attached hydrogens (tertiary/aromatic N) is 1. The summed E-state index contributed by atoms with van der Waals surface area (Å²) < 4.78 is 21.8. The summed E-state index contributed by atoms with van der Waals surface area (Å²) in [7, 11) is 0. The third kappa shape index (κ3) is 3.38. The lowest BCUT2D eigenvalue weighted by Gasteiger charge is -2.11. The first-order valence-electron chi connectivity index (χ1n) is 9.02. The molecule has 0 spiro atoms. The summed E-state index contributed by atoms with van der Waals surface area (Å²) >= 11 is 0. The fourth-order valence-electron chi connectivity index (χ4n) is 3.08. The lowest BCUT2D eigenvalue weighted by atomic mass is 10.1. The van der Waals surface area contributed by atoms with Crippen molar-refractivity contribution in [1.29, 1.82) is 0 Å². The molecule has 1 aliphatic rings. The molecule has 0 aliphatic carbocycles. The topological polar surface area (TPSA) is 82.8 Å². The third-order valence-corrected chi connectivity index (χ3v) is 4.44. The summed E-state index contributed by atoms with van der Waals surface area (Å²) in [4.78, 5) is 12.9. The van der Waals surface area contributed by atoms with Crippen molar-refractivity contribution in [3.63, 3.8) is 0 Å². The molecule has 1 aliphatic heterocycles. The average molecular weight is 380 g/mol. The molecule has 1 amide bonds. The highest BCUT2D eigenvalue weighted by Crippen LogP contribution is 2.37. The van der Waals surface area contributed by atoms with Gasteiger partial charge in [-0.2, -0.15) is 0 Å². The summed E-state index contributed by atoms with van der Waals surface area (Å²) in [6, 6.07) is 13.0. The molecule has 0 fully saturated rings. The molecule has 0 saturated carbocycles. The summed E-state index contributed by atoms with van der Waals surface area (Å²) in [6.07, 6.45) is 0. The smallest absolute Gasteiger partial charge is 0.257 e. The van der Waals surface area contributed by atoms with Gasteiger partial charge in [0.15, 0.2) is 17.3 Å². The number of rotatable bonds is 6. The van der Waals surface area contributed by atoms with Crippen LogP contribution in [0, 0.1) is 6.92 Å². The molecule has 28 heavy (non-hydrogen) atoms. The van der Waals surface area contributed by atoms with Crippen molar-refractivity contribution in [2.75, 3.05) is 13.4 Å². The van der Waals surface area contributed by atoms with E-state index in [0.29, 0.717) is 47.2 Å². The van der Waals surface area contributed by atoms with Crippen molar-refractivity contribution in [1.82, 2.24) is 10.5 Å². The monoisotopic (exact) mass is 380 g/mol. The number of fused-ring (bicyclic) bond motifs is 1. The summed E-state index contributed by atoms with van der Waals surface area (Å²) in [5.41, 5.74) is 2.51. The normalized spacial score (nSPS) is 12.1. The Labute approximate surface area is 162 Å². The van der Waals surface area contributed by atoms with E-state index in [4.69, 9.17) is 18.7 Å². The van der Waals surface area contributed by atoms with Crippen LogP contribution in [0.3, 0.4) is 0 Å². The highest BCUT2D eigenvalue weighted by Gasteiger charge is 2.24. The zero-order valence-electron chi connectivity index (χ0n) is 15.7. The van der Waals surface area contributed by atoms with E-state index in [-0.39, 0.29) is 12.7 Å². The van der Waals surface area contributed by atoms with Crippen LogP contribution < -0.4 is 19.5 Å². The molecular formula is C21H20N2O5. The van der Waals surface area contributed by atoms with E-state index in [1.165, 1.54) is 0 Å². The van der Waals surface area contributed by atoms with Gasteiger partial charge in [-0.05, 0) is 38.1 Å². The van der Waals surface area contributed by atoms with Crippen LogP contribution in [0.15, 0.2) is 47.0 Å². The second-order valence-electron chi connectivity index (χ2n) is 6.26. The molecule has 144 valence electrons. The van der Waals surface area contributed by atoms with E-state index in [2.05, 4.69) is 10.5 Å². The maximum Gasteiger partial charge on any atom is 0.257 e. The number of aromatic nitrogens is 1. The van der Waals surface area contributed by atoms with Crippen LogP contribution in [0.25, 0.3) is 11.3 Å². The maximum absolute atomic E-state index is 12.9. The Morgan fingerprint density at radius 3 is 2.86 bits per heavy atom. The van der Waals surface area contributed by atoms with Crippen LogP contribution in [0.1, 0.15) is 28.5 Å². The Kier molecular flexibility index (Phi) is 4.89. The van der Waals surface area contributed by atoms with Gasteiger partial charge in [0.1, 0.15) is 11.3 Å². The number of nitrogens with one attached hydrogen (secondary N) is 1. The van der Waals surface area contributed by atoms with Crippen molar-refractivity contribution in [2.24, 2.45) is 0 Å². The van der Waals surface area contributed by atoms with Crippen LogP contribution in [0.5, 0.6) is 17.2 Å². The number of aryl methyl sites for hydroxylation is 1. The Hall–Kier alpha value is -3.48. The molecule has 0 radical (unpaired) electrons. The molecule has 1 aromatic heterocycles. The molecule has 7 nitrogen and oxygen atoms in total. The van der Waals surface area contributed by atoms with Crippen LogP contribution in [0.4, 0.5) is 0 Å². The third-order valence-electron chi connectivity index (χ3n) is 4.44. The van der Waals surface area contributed by atoms with Crippen LogP contribution in [-0.2, 0) is 6.54 Å². The number of carbonyl (C=O) groups is 1. The Morgan fingerprint density at radius 1 is 1.18 bits per heavy atom. The number of para-hydroxylation sites is 1. The van der Waals surface area contributed by atoms with Crippen LogP contribution >= 0.6 is 0 Å². The molecule has 7 heteroatoms. The number of benzene rings is 2. The fraction of sp³-hybridized carbons (Fsp3) is 0.238. The Morgan fingerprint density at radius 2 is 2.00 bits per heavy atom. The maximum atomic E-state index is 12.9. The number of hydrogen-bond acceptors (Lipinski definition) is 6. The second kappa shape index (κ2) is 7.64. The standard InChI is InChI=1S/C21H20N2O5/c1-3-25-16-7-5-4-6-15(16)11-22-21(24)19-13(2)23-28-20(19)14-8-9-17-18(10-14)27-12-26-17/h4-10H,3,11-12H2,1-2H3,(H,22,24). The highest BCUT2D eigenvalue weighted by atomic mass is 16.7. The minimum absolute atomic E-state index is 0.181. The first-order chi connectivity index (χ1) is 13.7. The van der Waals surface area contributed by atoms with E-state index in [0.717, 1.165) is 11.3 Å². The summed E-state index contributed by atoms with van der Waals surface area (Å²) in [6.45, 7) is 4.74. The highest BCUT2D eigenvalue weighted by molar-refractivity contribution is 6.00. The Balaban J connectivity index is 1.57. The Bertz CT molecular complexity index is 1010. The minimum Gasteiger partial charge on any atom is -0.494 e. The quantitative estimate of drug-likeness (QED) is 0.702. The largest absolute Gasteiger partial charge is 0.494 e. The molecule has 2 aromatic carbocycles. The second-order valence-corrected chi connectivity index (χ2v) is 6.26. The molecule has 2 heterocycles. The molecule has 0 unspecified atom stereocenters. The zero-order valence-corrected chi connectivity index (χ0v) is 15.7. The molecule has 3 aromatic rings. The predicted octanol–water partition coefficient (Wildman–Crippen LogP) is 3.71. The van der Waals surface area contributed by atoms with E-state index < -0.39 is 0 Å². The predicted molar refractivity (Wildman–Crippen MR) is 102 cm³/mol. The first kappa shape index (κ1) is 17.9. The van der Waals surface area contributed by atoms with E-state index >= 15 is 0 Å². The molecule has 0 atom stereocenters. The van der Waals surface area contributed by atoms with Crippen molar-refractivity contribution < 1.29 is 23.5 Å². The van der Waals surface area contributed by atoms with E-state index in [9.17, 15) is 4.79 Å². The van der Waals surface area contributed by atoms with Crippen LogP contribution in [-0.4, -0.2) is 24.5 Å². The van der Waals surface area contributed by atoms with Gasteiger partial charge in [0.25, 0.3) is 5.91 Å². The number of hydrogen-bond donors (Lipinski definition) is 1. The van der Waals surface area contributed by atoms with Gasteiger partial charge in [0.2, 0.25) is 6.79 Å². The number of amides is 1. The van der Waals surface area contributed by atoms with E-state index in [1.807, 2.05) is 37.3 Å². The van der Waals surface area contributed by atoms with Gasteiger partial charge in [0.05, 0.1) is 12.3 Å². The van der Waals surface area contributed by atoms with Gasteiger partial charge in [-0.25, -0.2) is 0 Å². The molecular weight excluding hydrogens is 360 g/mol. The lowest BCUT2D eigenvalue weighted by molar-refractivity contribution is 0.0950. The van der Waals surface area contributed by atoms with Crippen molar-refractivity contribution in [3.8, 4) is 28.6 Å². The molecule has 4 rings (SSSR count). The molecule has 0 saturated heterocycles. The van der Waals surface area contributed by atoms with Gasteiger partial charge in [-0.1, -0.05) is 23.4 Å². The lowest BCUT2D eigenvalue weighted by Crippen LogP contribution is -2.24. The van der Waals surface area contributed by atoms with E-state index in [1.54, 1.807) is 19.1 Å². The van der Waals surface area contributed by atoms with Gasteiger partial charge >= 0.3 is 0 Å². The van der Waals surface area contributed by atoms with Crippen molar-refractivity contribution in [3.05, 3.63) is 59.3 Å². The van der Waals surface area contributed by atoms with Gasteiger partial charge in [0, 0.05) is 17.7 Å². The van der Waals surface area contributed by atoms with Crippen molar-refractivity contribution >= 4 is 5.91 Å². The number of carbonyl (C=O) groups excluding carboxylic acids is 1. The summed E-state index contributed by atoms with van der Waals surface area (Å²) in [5.74, 6) is 2.16. The van der Waals surface area contributed by atoms with Gasteiger partial charge in [-0.15, -0.1) is 0 Å². The van der Waals surface area contributed by atoms with Crippen molar-refractivity contribution in [2.45, 2.75) is 20.4 Å². The molecule has 0 bridgehead atoms. The average Bonchev–Trinajstić information content (AvgIpc) is 3.33. The molecule has 1 N–H and O–H groups in total. The fourth-order valence-corrected chi connectivity index (χ4v) is 3.08. The van der Waals surface area contributed by atoms with Crippen LogP contribution in [0.2, 0.25) is 0 Å². The number of ether oxygens (including phenoxy) is 3. The zero-order chi connectivity index (χ0) is 19.5. The van der Waals surface area contributed by atoms with Gasteiger partial charge in [-0.3, -0.25) is 4.79 Å². The van der Waals surface area contributed by atoms with Gasteiger partial charge < -0.3 is 24.1 Å². The summed E-state index contributed by atoms with van der Waals surface area (Å²) in [5, 5.41) is 6.91. The minimum atomic E-state index is -0.266.